The third kappa shape index (κ3) is 2.09. The van der Waals surface area contributed by atoms with Gasteiger partial charge in [0.25, 0.3) is 0 Å². The lowest BCUT2D eigenvalue weighted by atomic mass is 9.77. The average Bonchev–Trinajstić information content (AvgIpc) is 2.94. The number of benzene rings is 3. The molecule has 2 aliphatic rings. The van der Waals surface area contributed by atoms with Crippen LogP contribution in [-0.2, 0) is 10.3 Å². The predicted molar refractivity (Wildman–Crippen MR) is 104 cm³/mol. The van der Waals surface area contributed by atoms with E-state index in [2.05, 4.69) is 0 Å². The number of nitrogens with two attached hydrogens (primary N) is 2. The van der Waals surface area contributed by atoms with Crippen LogP contribution in [0.5, 0.6) is 11.5 Å². The molecule has 0 saturated heterocycles. The van der Waals surface area contributed by atoms with Gasteiger partial charge in [-0.15, -0.1) is 0 Å². The van der Waals surface area contributed by atoms with Crippen molar-refractivity contribution < 1.29 is 19.4 Å². The number of aliphatic hydroxyl groups is 1. The number of hydrogen-bond donors (Lipinski definition) is 3. The lowest BCUT2D eigenvalue weighted by molar-refractivity contribution is 0.0224. The van der Waals surface area contributed by atoms with Crippen LogP contribution < -0.4 is 16.2 Å². The molecule has 0 fully saturated rings. The Morgan fingerprint density at radius 2 is 1.46 bits per heavy atom. The maximum absolute atomic E-state index is 12.9. The highest BCUT2D eigenvalue weighted by atomic mass is 16.6. The smallest absolute Gasteiger partial charge is 0.340 e. The van der Waals surface area contributed by atoms with E-state index in [0.29, 0.717) is 50.7 Å². The van der Waals surface area contributed by atoms with Crippen molar-refractivity contribution in [2.45, 2.75) is 18.6 Å². The molecule has 3 aromatic rings. The normalized spacial score (nSPS) is 16.6. The molecular weight excluding hydrogens is 356 g/mol. The van der Waals surface area contributed by atoms with Crippen molar-refractivity contribution in [3.63, 3.8) is 0 Å². The molecule has 1 spiro atoms. The summed E-state index contributed by atoms with van der Waals surface area (Å²) in [5.41, 5.74) is 15.0. The maximum Gasteiger partial charge on any atom is 0.340 e. The van der Waals surface area contributed by atoms with Gasteiger partial charge in [0.15, 0.2) is 5.60 Å². The zero-order valence-electron chi connectivity index (χ0n) is 15.1. The second kappa shape index (κ2) is 5.50. The van der Waals surface area contributed by atoms with Gasteiger partial charge in [-0.25, -0.2) is 4.79 Å². The van der Waals surface area contributed by atoms with Crippen LogP contribution in [0.1, 0.15) is 45.6 Å². The summed E-state index contributed by atoms with van der Waals surface area (Å²) in [6.45, 7) is 1.66. The first-order chi connectivity index (χ1) is 13.4. The highest BCUT2D eigenvalue weighted by molar-refractivity contribution is 5.97. The number of nitrogen functional groups attached to an aromatic ring is 2. The molecule has 2 aliphatic heterocycles. The molecule has 5 N–H and O–H groups in total. The Hall–Kier alpha value is -3.51. The summed E-state index contributed by atoms with van der Waals surface area (Å²) in [6, 6.07) is 15.9. The van der Waals surface area contributed by atoms with E-state index in [0.717, 1.165) is 0 Å². The van der Waals surface area contributed by atoms with Crippen molar-refractivity contribution in [2.24, 2.45) is 0 Å². The monoisotopic (exact) mass is 374 g/mol. The van der Waals surface area contributed by atoms with Crippen LogP contribution in [0.2, 0.25) is 0 Å². The molecular formula is C22H18N2O4. The summed E-state index contributed by atoms with van der Waals surface area (Å²) < 4.78 is 12.1. The largest absolute Gasteiger partial charge is 0.456 e. The van der Waals surface area contributed by atoms with Crippen molar-refractivity contribution in [1.29, 1.82) is 0 Å². The van der Waals surface area contributed by atoms with Crippen molar-refractivity contribution in [1.82, 2.24) is 0 Å². The summed E-state index contributed by atoms with van der Waals surface area (Å²) >= 11 is 0. The van der Waals surface area contributed by atoms with Crippen LogP contribution in [-0.4, -0.2) is 11.1 Å². The molecule has 0 unspecified atom stereocenters. The molecule has 6 nitrogen and oxygen atoms in total. The molecule has 0 amide bonds. The second-order valence-electron chi connectivity index (χ2n) is 7.16. The van der Waals surface area contributed by atoms with Crippen LogP contribution in [0.15, 0.2) is 54.6 Å². The molecule has 140 valence electrons. The highest BCUT2D eigenvalue weighted by Gasteiger charge is 2.53. The fourth-order valence-electron chi connectivity index (χ4n) is 4.04. The van der Waals surface area contributed by atoms with Gasteiger partial charge >= 0.3 is 5.97 Å². The van der Waals surface area contributed by atoms with Crippen LogP contribution >= 0.6 is 0 Å². The van der Waals surface area contributed by atoms with Crippen molar-refractivity contribution in [3.8, 4) is 11.5 Å². The average molecular weight is 374 g/mol. The number of aliphatic hydroxyl groups excluding tert-OH is 1. The Bertz CT molecular complexity index is 1100. The lowest BCUT2D eigenvalue weighted by Gasteiger charge is -2.36. The number of fused-ring (bicyclic) bond motifs is 6. The first-order valence-electron chi connectivity index (χ1n) is 8.94. The highest BCUT2D eigenvalue weighted by Crippen LogP contribution is 2.56. The summed E-state index contributed by atoms with van der Waals surface area (Å²) in [6.07, 6.45) is -0.691. The fourth-order valence-corrected chi connectivity index (χ4v) is 4.04. The molecule has 3 aromatic carbocycles. The van der Waals surface area contributed by atoms with Gasteiger partial charge in [-0.3, -0.25) is 0 Å². The van der Waals surface area contributed by atoms with E-state index in [9.17, 15) is 9.90 Å². The third-order valence-corrected chi connectivity index (χ3v) is 5.36. The molecule has 0 bridgehead atoms. The summed E-state index contributed by atoms with van der Waals surface area (Å²) in [5.74, 6) is 0.571. The van der Waals surface area contributed by atoms with Crippen molar-refractivity contribution in [3.05, 3.63) is 82.4 Å². The Labute approximate surface area is 161 Å². The lowest BCUT2D eigenvalue weighted by Crippen LogP contribution is -2.33. The summed E-state index contributed by atoms with van der Waals surface area (Å²) in [4.78, 5) is 12.9. The molecule has 0 aromatic heterocycles. The van der Waals surface area contributed by atoms with E-state index >= 15 is 0 Å². The fraction of sp³-hybridized carbons (Fsp3) is 0.136. The first-order valence-corrected chi connectivity index (χ1v) is 8.94. The van der Waals surface area contributed by atoms with Gasteiger partial charge in [0.05, 0.1) is 11.7 Å². The van der Waals surface area contributed by atoms with E-state index in [1.165, 1.54) is 0 Å². The molecule has 28 heavy (non-hydrogen) atoms. The maximum atomic E-state index is 12.9. The molecule has 2 heterocycles. The Balaban J connectivity index is 1.85. The number of carbonyl (C=O) groups is 1. The zero-order valence-corrected chi connectivity index (χ0v) is 15.1. The van der Waals surface area contributed by atoms with Gasteiger partial charge in [-0.05, 0) is 42.8 Å². The van der Waals surface area contributed by atoms with E-state index in [1.54, 1.807) is 43.3 Å². The number of ether oxygens (including phenoxy) is 2. The standard InChI is InChI=1S/C22H18N2O4/c1-11(25)12-2-5-16-15(8-12)21(26)28-22(16)17-6-3-13(23)9-19(17)27-20-10-14(24)4-7-18(20)22/h2-11,25H,23-24H2,1H3/t11-/m0/s1. The van der Waals surface area contributed by atoms with Crippen LogP contribution in [0, 0.1) is 0 Å². The summed E-state index contributed by atoms with van der Waals surface area (Å²) in [5, 5.41) is 9.92. The molecule has 6 heteroatoms. The molecule has 0 saturated carbocycles. The third-order valence-electron chi connectivity index (χ3n) is 5.36. The summed E-state index contributed by atoms with van der Waals surface area (Å²) in [7, 11) is 0. The number of rotatable bonds is 1. The predicted octanol–water partition coefficient (Wildman–Crippen LogP) is 3.47. The minimum absolute atomic E-state index is 0.422. The van der Waals surface area contributed by atoms with Gasteiger partial charge in [0.2, 0.25) is 0 Å². The van der Waals surface area contributed by atoms with Crippen molar-refractivity contribution in [2.75, 3.05) is 11.5 Å². The van der Waals surface area contributed by atoms with Gasteiger partial charge in [-0.2, -0.15) is 0 Å². The van der Waals surface area contributed by atoms with Crippen molar-refractivity contribution >= 4 is 17.3 Å². The Morgan fingerprint density at radius 3 is 2.04 bits per heavy atom. The van der Waals surface area contributed by atoms with Gasteiger partial charge in [0.1, 0.15) is 11.5 Å². The van der Waals surface area contributed by atoms with Crippen LogP contribution in [0.4, 0.5) is 11.4 Å². The number of esters is 1. The van der Waals surface area contributed by atoms with E-state index in [-0.39, 0.29) is 0 Å². The first kappa shape index (κ1) is 16.6. The Kier molecular flexibility index (Phi) is 3.27. The quantitative estimate of drug-likeness (QED) is 0.445. The molecule has 0 radical (unpaired) electrons. The number of hydrogen-bond acceptors (Lipinski definition) is 6. The van der Waals surface area contributed by atoms with Crippen LogP contribution in [0.3, 0.4) is 0 Å². The Morgan fingerprint density at radius 1 is 0.893 bits per heavy atom. The van der Waals surface area contributed by atoms with E-state index in [1.807, 2.05) is 18.2 Å². The molecule has 5 rings (SSSR count). The van der Waals surface area contributed by atoms with Gasteiger partial charge < -0.3 is 26.0 Å². The zero-order chi connectivity index (χ0) is 19.6. The molecule has 1 atom stereocenters. The van der Waals surface area contributed by atoms with Gasteiger partial charge in [0, 0.05) is 40.2 Å². The van der Waals surface area contributed by atoms with Gasteiger partial charge in [-0.1, -0.05) is 12.1 Å². The minimum Gasteiger partial charge on any atom is -0.456 e. The number of anilines is 2. The second-order valence-corrected chi connectivity index (χ2v) is 7.16. The van der Waals surface area contributed by atoms with E-state index < -0.39 is 17.7 Å². The SMILES string of the molecule is C[C@H](O)c1ccc2c(c1)C(=O)OC21c2ccc(N)cc2Oc2cc(N)ccc21. The topological polar surface area (TPSA) is 108 Å². The van der Waals surface area contributed by atoms with E-state index in [4.69, 9.17) is 20.9 Å². The minimum atomic E-state index is -1.16. The van der Waals surface area contributed by atoms with Crippen LogP contribution in [0.25, 0.3) is 0 Å². The molecule has 0 aliphatic carbocycles. The number of carbonyl (C=O) groups excluding carboxylic acids is 1.